The molecule has 12 heavy (non-hydrogen) atoms. The van der Waals surface area contributed by atoms with Gasteiger partial charge in [0.15, 0.2) is 0 Å². The largest absolute Gasteiger partial charge is 0.298 e. The van der Waals surface area contributed by atoms with Crippen LogP contribution >= 0.6 is 12.4 Å². The van der Waals surface area contributed by atoms with Crippen molar-refractivity contribution in [3.63, 3.8) is 0 Å². The second kappa shape index (κ2) is 4.24. The molecule has 0 radical (unpaired) electrons. The summed E-state index contributed by atoms with van der Waals surface area (Å²) >= 11 is 0. The number of rotatable bonds is 0. The van der Waals surface area contributed by atoms with Crippen molar-refractivity contribution in [2.75, 3.05) is 13.1 Å². The SMILES string of the molecule is Cl.O=C1CCCN2CCCCC12. The van der Waals surface area contributed by atoms with E-state index < -0.39 is 0 Å². The molecule has 2 saturated heterocycles. The van der Waals surface area contributed by atoms with Crippen molar-refractivity contribution in [2.24, 2.45) is 0 Å². The van der Waals surface area contributed by atoms with Crippen LogP contribution in [0.25, 0.3) is 0 Å². The van der Waals surface area contributed by atoms with Crippen molar-refractivity contribution in [1.29, 1.82) is 0 Å². The van der Waals surface area contributed by atoms with Gasteiger partial charge in [0.1, 0.15) is 5.78 Å². The first-order valence-electron chi connectivity index (χ1n) is 4.65. The van der Waals surface area contributed by atoms with Crippen LogP contribution < -0.4 is 0 Å². The highest BCUT2D eigenvalue weighted by Crippen LogP contribution is 2.23. The monoisotopic (exact) mass is 189 g/mol. The Labute approximate surface area is 79.7 Å². The highest BCUT2D eigenvalue weighted by atomic mass is 35.5. The number of halogens is 1. The average Bonchev–Trinajstić information content (AvgIpc) is 2.06. The topological polar surface area (TPSA) is 20.3 Å². The quantitative estimate of drug-likeness (QED) is 0.578. The molecule has 2 fully saturated rings. The molecule has 0 spiro atoms. The molecule has 0 aliphatic carbocycles. The van der Waals surface area contributed by atoms with E-state index in [-0.39, 0.29) is 12.4 Å². The summed E-state index contributed by atoms with van der Waals surface area (Å²) in [6.07, 6.45) is 5.60. The Morgan fingerprint density at radius 2 is 1.92 bits per heavy atom. The zero-order chi connectivity index (χ0) is 7.68. The highest BCUT2D eigenvalue weighted by Gasteiger charge is 2.30. The van der Waals surface area contributed by atoms with Gasteiger partial charge in [0.2, 0.25) is 0 Å². The predicted octanol–water partition coefficient (Wildman–Crippen LogP) is 1.63. The third-order valence-corrected chi connectivity index (χ3v) is 2.85. The summed E-state index contributed by atoms with van der Waals surface area (Å²) in [7, 11) is 0. The molecule has 2 rings (SSSR count). The molecule has 3 heteroatoms. The number of ketones is 1. The lowest BCUT2D eigenvalue weighted by atomic mass is 9.92. The average molecular weight is 190 g/mol. The number of carbonyl (C=O) groups is 1. The highest BCUT2D eigenvalue weighted by molar-refractivity contribution is 5.85. The van der Waals surface area contributed by atoms with E-state index in [1.165, 1.54) is 12.8 Å². The molecular weight excluding hydrogens is 174 g/mol. The lowest BCUT2D eigenvalue weighted by molar-refractivity contribution is -0.128. The summed E-state index contributed by atoms with van der Waals surface area (Å²) in [5, 5.41) is 0. The van der Waals surface area contributed by atoms with E-state index in [0.29, 0.717) is 11.8 Å². The maximum absolute atomic E-state index is 11.4. The number of nitrogens with zero attached hydrogens (tertiary/aromatic N) is 1. The van der Waals surface area contributed by atoms with Gasteiger partial charge in [-0.1, -0.05) is 6.42 Å². The molecule has 1 atom stereocenters. The second-order valence-electron chi connectivity index (χ2n) is 3.62. The van der Waals surface area contributed by atoms with Gasteiger partial charge in [0.25, 0.3) is 0 Å². The third kappa shape index (κ3) is 1.80. The number of hydrogen-bond donors (Lipinski definition) is 0. The van der Waals surface area contributed by atoms with Crippen LogP contribution in [0.5, 0.6) is 0 Å². The Kier molecular flexibility index (Phi) is 3.53. The van der Waals surface area contributed by atoms with Crippen molar-refractivity contribution in [3.05, 3.63) is 0 Å². The second-order valence-corrected chi connectivity index (χ2v) is 3.62. The number of piperidine rings is 2. The first kappa shape index (κ1) is 10.0. The lowest BCUT2D eigenvalue weighted by Crippen LogP contribution is -2.48. The smallest absolute Gasteiger partial charge is 0.150 e. The predicted molar refractivity (Wildman–Crippen MR) is 50.7 cm³/mol. The summed E-state index contributed by atoms with van der Waals surface area (Å²) in [6.45, 7) is 2.33. The van der Waals surface area contributed by atoms with E-state index in [0.717, 1.165) is 32.4 Å². The number of carbonyl (C=O) groups excluding carboxylic acids is 1. The molecule has 0 aromatic rings. The van der Waals surface area contributed by atoms with Gasteiger partial charge < -0.3 is 0 Å². The summed E-state index contributed by atoms with van der Waals surface area (Å²) in [5.74, 6) is 0.496. The minimum absolute atomic E-state index is 0. The maximum Gasteiger partial charge on any atom is 0.150 e. The fraction of sp³-hybridized carbons (Fsp3) is 0.889. The van der Waals surface area contributed by atoms with Crippen molar-refractivity contribution in [3.8, 4) is 0 Å². The van der Waals surface area contributed by atoms with Crippen molar-refractivity contribution in [2.45, 2.75) is 38.1 Å². The molecule has 2 aliphatic heterocycles. The van der Waals surface area contributed by atoms with Crippen LogP contribution in [0.15, 0.2) is 0 Å². The number of Topliss-reactive ketones (excluding diaryl/α,β-unsaturated/α-hetero) is 1. The van der Waals surface area contributed by atoms with Gasteiger partial charge in [-0.3, -0.25) is 9.69 Å². The third-order valence-electron chi connectivity index (χ3n) is 2.85. The minimum Gasteiger partial charge on any atom is -0.298 e. The van der Waals surface area contributed by atoms with E-state index in [9.17, 15) is 4.79 Å². The van der Waals surface area contributed by atoms with Gasteiger partial charge in [-0.25, -0.2) is 0 Å². The van der Waals surface area contributed by atoms with Gasteiger partial charge in [-0.2, -0.15) is 0 Å². The Morgan fingerprint density at radius 3 is 2.67 bits per heavy atom. The van der Waals surface area contributed by atoms with E-state index >= 15 is 0 Å². The molecule has 0 aromatic carbocycles. The molecule has 0 saturated carbocycles. The van der Waals surface area contributed by atoms with Crippen LogP contribution in [0.4, 0.5) is 0 Å². The summed E-state index contributed by atoms with van der Waals surface area (Å²) in [6, 6.07) is 0.317. The molecule has 2 nitrogen and oxygen atoms in total. The van der Waals surface area contributed by atoms with Crippen LogP contribution in [0.2, 0.25) is 0 Å². The van der Waals surface area contributed by atoms with E-state index in [1.807, 2.05) is 0 Å². The van der Waals surface area contributed by atoms with Crippen molar-refractivity contribution in [1.82, 2.24) is 4.90 Å². The molecule has 70 valence electrons. The fourth-order valence-electron chi connectivity index (χ4n) is 2.25. The Bertz CT molecular complexity index is 170. The molecule has 0 N–H and O–H groups in total. The maximum atomic E-state index is 11.4. The Morgan fingerprint density at radius 1 is 1.17 bits per heavy atom. The summed E-state index contributed by atoms with van der Waals surface area (Å²) in [5.41, 5.74) is 0. The molecule has 2 heterocycles. The summed E-state index contributed by atoms with van der Waals surface area (Å²) in [4.78, 5) is 13.8. The number of hydrogen-bond acceptors (Lipinski definition) is 2. The zero-order valence-corrected chi connectivity index (χ0v) is 8.11. The van der Waals surface area contributed by atoms with Gasteiger partial charge in [-0.05, 0) is 32.4 Å². The van der Waals surface area contributed by atoms with Crippen LogP contribution in [-0.4, -0.2) is 29.8 Å². The Balaban J connectivity index is 0.000000720. The fourth-order valence-corrected chi connectivity index (χ4v) is 2.25. The van der Waals surface area contributed by atoms with Crippen LogP contribution in [0, 0.1) is 0 Å². The normalized spacial score (nSPS) is 30.7. The standard InChI is InChI=1S/C9H15NO.ClH/c11-9-5-3-7-10-6-2-1-4-8(9)10;/h8H,1-7H2;1H. The molecule has 0 amide bonds. The summed E-state index contributed by atoms with van der Waals surface area (Å²) < 4.78 is 0. The molecule has 1 unspecified atom stereocenters. The molecule has 0 aromatic heterocycles. The van der Waals surface area contributed by atoms with Gasteiger partial charge in [0, 0.05) is 6.42 Å². The lowest BCUT2D eigenvalue weighted by Gasteiger charge is -2.37. The van der Waals surface area contributed by atoms with E-state index in [2.05, 4.69) is 4.90 Å². The van der Waals surface area contributed by atoms with Gasteiger partial charge in [0.05, 0.1) is 6.04 Å². The van der Waals surface area contributed by atoms with Crippen LogP contribution in [-0.2, 0) is 4.79 Å². The van der Waals surface area contributed by atoms with E-state index in [4.69, 9.17) is 0 Å². The van der Waals surface area contributed by atoms with E-state index in [1.54, 1.807) is 0 Å². The van der Waals surface area contributed by atoms with Gasteiger partial charge in [-0.15, -0.1) is 12.4 Å². The molecule has 0 bridgehead atoms. The number of fused-ring (bicyclic) bond motifs is 1. The zero-order valence-electron chi connectivity index (χ0n) is 7.29. The first-order chi connectivity index (χ1) is 5.38. The Hall–Kier alpha value is -0.0800. The molecule has 2 aliphatic rings. The van der Waals surface area contributed by atoms with Gasteiger partial charge >= 0.3 is 0 Å². The first-order valence-corrected chi connectivity index (χ1v) is 4.65. The van der Waals surface area contributed by atoms with Crippen LogP contribution in [0.1, 0.15) is 32.1 Å². The van der Waals surface area contributed by atoms with Crippen LogP contribution in [0.3, 0.4) is 0 Å². The minimum atomic E-state index is 0. The van der Waals surface area contributed by atoms with Crippen molar-refractivity contribution < 1.29 is 4.79 Å². The molecular formula is C9H16ClNO. The van der Waals surface area contributed by atoms with Crippen molar-refractivity contribution >= 4 is 18.2 Å².